The van der Waals surface area contributed by atoms with E-state index in [1.54, 1.807) is 0 Å². The van der Waals surface area contributed by atoms with E-state index in [4.69, 9.17) is 24.1 Å². The third kappa shape index (κ3) is 13.2. The molecule has 0 aliphatic heterocycles. The summed E-state index contributed by atoms with van der Waals surface area (Å²) >= 11 is 0. The molecule has 2 rings (SSSR count). The standard InChI is InChI=1S/C18H30O5.C10H14.CH4/c1-15-12-16(2)18(17(3)13-15)14-23-11-10-22-9-8-21-7-6-20-5-4-19;1-7-5-8(2)10(4)9(3)6-7;/h12-13,19H,4-11,14H2,1-3H3;5-6H,1-4H3;1H4. The second-order valence-corrected chi connectivity index (χ2v) is 8.51. The Kier molecular flexibility index (Phi) is 17.6. The lowest BCUT2D eigenvalue weighted by Crippen LogP contribution is -2.12. The molecule has 0 heterocycles. The van der Waals surface area contributed by atoms with Crippen molar-refractivity contribution in [3.63, 3.8) is 0 Å². The van der Waals surface area contributed by atoms with Crippen LogP contribution in [-0.2, 0) is 25.6 Å². The van der Waals surface area contributed by atoms with E-state index in [-0.39, 0.29) is 14.0 Å². The summed E-state index contributed by atoms with van der Waals surface area (Å²) in [6.07, 6.45) is 0. The third-order valence-corrected chi connectivity index (χ3v) is 5.51. The van der Waals surface area contributed by atoms with E-state index in [2.05, 4.69) is 72.7 Å². The van der Waals surface area contributed by atoms with Crippen LogP contribution in [-0.4, -0.2) is 58.0 Å². The molecule has 0 fully saturated rings. The maximum absolute atomic E-state index is 8.53. The Labute approximate surface area is 208 Å². The Morgan fingerprint density at radius 2 is 0.882 bits per heavy atom. The minimum atomic E-state index is 0. The molecule has 1 N–H and O–H groups in total. The second kappa shape index (κ2) is 18.6. The highest BCUT2D eigenvalue weighted by atomic mass is 16.6. The van der Waals surface area contributed by atoms with Gasteiger partial charge < -0.3 is 24.1 Å². The lowest BCUT2D eigenvalue weighted by atomic mass is 10.0. The van der Waals surface area contributed by atoms with Crippen LogP contribution in [0.25, 0.3) is 0 Å². The van der Waals surface area contributed by atoms with Crippen molar-refractivity contribution < 1.29 is 24.1 Å². The zero-order valence-corrected chi connectivity index (χ0v) is 21.8. The van der Waals surface area contributed by atoms with Crippen molar-refractivity contribution in [2.24, 2.45) is 0 Å². The summed E-state index contributed by atoms with van der Waals surface area (Å²) in [4.78, 5) is 0. The van der Waals surface area contributed by atoms with Gasteiger partial charge in [0.25, 0.3) is 0 Å². The first-order valence-corrected chi connectivity index (χ1v) is 11.8. The van der Waals surface area contributed by atoms with Crippen LogP contribution >= 0.6 is 0 Å². The molecule has 0 amide bonds. The summed E-state index contributed by atoms with van der Waals surface area (Å²) in [6, 6.07) is 8.82. The van der Waals surface area contributed by atoms with Crippen LogP contribution in [0.15, 0.2) is 24.3 Å². The van der Waals surface area contributed by atoms with E-state index in [1.807, 2.05) is 0 Å². The lowest BCUT2D eigenvalue weighted by Gasteiger charge is -2.12. The van der Waals surface area contributed by atoms with Crippen LogP contribution in [0.5, 0.6) is 0 Å². The molecule has 0 saturated heterocycles. The van der Waals surface area contributed by atoms with Gasteiger partial charge >= 0.3 is 0 Å². The zero-order valence-electron chi connectivity index (χ0n) is 21.8. The van der Waals surface area contributed by atoms with E-state index < -0.39 is 0 Å². The Hall–Kier alpha value is -1.76. The summed E-state index contributed by atoms with van der Waals surface area (Å²) in [7, 11) is 0. The van der Waals surface area contributed by atoms with Crippen molar-refractivity contribution in [3.8, 4) is 0 Å². The van der Waals surface area contributed by atoms with Crippen LogP contribution in [0.2, 0.25) is 0 Å². The number of aryl methyl sites for hydroxylation is 6. The first kappa shape index (κ1) is 32.2. The fraction of sp³-hybridized carbons (Fsp3) is 0.586. The van der Waals surface area contributed by atoms with Gasteiger partial charge in [-0.05, 0) is 81.8 Å². The van der Waals surface area contributed by atoms with Crippen LogP contribution in [0, 0.1) is 48.5 Å². The molecule has 194 valence electrons. The van der Waals surface area contributed by atoms with E-state index in [0.29, 0.717) is 52.9 Å². The molecule has 0 aliphatic rings. The smallest absolute Gasteiger partial charge is 0.0723 e. The number of aliphatic hydroxyl groups excluding tert-OH is 1. The molecular weight excluding hydrogens is 428 g/mol. The number of benzene rings is 2. The summed E-state index contributed by atoms with van der Waals surface area (Å²) < 4.78 is 21.5. The summed E-state index contributed by atoms with van der Waals surface area (Å²) in [5.41, 5.74) is 10.7. The van der Waals surface area contributed by atoms with Crippen molar-refractivity contribution in [3.05, 3.63) is 68.8 Å². The Balaban J connectivity index is 0.000000827. The number of hydrogen-bond donors (Lipinski definition) is 1. The Bertz CT molecular complexity index is 770. The van der Waals surface area contributed by atoms with Crippen LogP contribution in [0.1, 0.15) is 51.9 Å². The molecule has 0 unspecified atom stereocenters. The molecule has 0 bridgehead atoms. The normalized spacial score (nSPS) is 10.5. The van der Waals surface area contributed by atoms with Crippen LogP contribution < -0.4 is 0 Å². The van der Waals surface area contributed by atoms with Gasteiger partial charge in [-0.2, -0.15) is 0 Å². The van der Waals surface area contributed by atoms with Crippen molar-refractivity contribution in [2.75, 3.05) is 52.9 Å². The minimum absolute atomic E-state index is 0. The Morgan fingerprint density at radius 3 is 1.29 bits per heavy atom. The maximum atomic E-state index is 8.53. The molecule has 34 heavy (non-hydrogen) atoms. The van der Waals surface area contributed by atoms with Gasteiger partial charge in [-0.15, -0.1) is 0 Å². The molecule has 0 atom stereocenters. The van der Waals surface area contributed by atoms with Gasteiger partial charge in [-0.3, -0.25) is 0 Å². The number of ether oxygens (including phenoxy) is 4. The quantitative estimate of drug-likeness (QED) is 0.374. The monoisotopic (exact) mass is 476 g/mol. The lowest BCUT2D eigenvalue weighted by molar-refractivity contribution is -0.00750. The van der Waals surface area contributed by atoms with Gasteiger partial charge in [0, 0.05) is 0 Å². The fourth-order valence-corrected chi connectivity index (χ4v) is 3.59. The molecule has 5 heteroatoms. The summed E-state index contributed by atoms with van der Waals surface area (Å²) in [5, 5.41) is 8.53. The fourth-order valence-electron chi connectivity index (χ4n) is 3.59. The van der Waals surface area contributed by atoms with E-state index in [9.17, 15) is 0 Å². The van der Waals surface area contributed by atoms with Crippen LogP contribution in [0.4, 0.5) is 0 Å². The van der Waals surface area contributed by atoms with E-state index in [1.165, 1.54) is 44.5 Å². The highest BCUT2D eigenvalue weighted by Gasteiger charge is 2.04. The average molecular weight is 477 g/mol. The molecule has 5 nitrogen and oxygen atoms in total. The topological polar surface area (TPSA) is 57.2 Å². The molecule has 0 spiro atoms. The maximum Gasteiger partial charge on any atom is 0.0723 e. The second-order valence-electron chi connectivity index (χ2n) is 8.51. The van der Waals surface area contributed by atoms with Crippen molar-refractivity contribution in [1.82, 2.24) is 0 Å². The summed E-state index contributed by atoms with van der Waals surface area (Å²) in [5.74, 6) is 0. The van der Waals surface area contributed by atoms with Gasteiger partial charge in [-0.25, -0.2) is 0 Å². The van der Waals surface area contributed by atoms with Crippen molar-refractivity contribution >= 4 is 0 Å². The first-order chi connectivity index (χ1) is 15.8. The van der Waals surface area contributed by atoms with Crippen molar-refractivity contribution in [1.29, 1.82) is 0 Å². The largest absolute Gasteiger partial charge is 0.394 e. The van der Waals surface area contributed by atoms with E-state index in [0.717, 1.165) is 0 Å². The van der Waals surface area contributed by atoms with Gasteiger partial charge in [0.05, 0.1) is 59.5 Å². The number of hydrogen-bond acceptors (Lipinski definition) is 5. The number of rotatable bonds is 13. The van der Waals surface area contributed by atoms with Gasteiger partial charge in [0.2, 0.25) is 0 Å². The molecular formula is C29H48O5. The van der Waals surface area contributed by atoms with Gasteiger partial charge in [0.15, 0.2) is 0 Å². The number of aliphatic hydroxyl groups is 1. The predicted molar refractivity (Wildman–Crippen MR) is 142 cm³/mol. The highest BCUT2D eigenvalue weighted by molar-refractivity contribution is 5.37. The van der Waals surface area contributed by atoms with Crippen LogP contribution in [0.3, 0.4) is 0 Å². The molecule has 0 aliphatic carbocycles. The average Bonchev–Trinajstić information content (AvgIpc) is 2.74. The molecule has 0 aromatic heterocycles. The highest BCUT2D eigenvalue weighted by Crippen LogP contribution is 2.17. The molecule has 2 aromatic rings. The minimum Gasteiger partial charge on any atom is -0.394 e. The van der Waals surface area contributed by atoms with Gasteiger partial charge in [0.1, 0.15) is 0 Å². The van der Waals surface area contributed by atoms with E-state index >= 15 is 0 Å². The Morgan fingerprint density at radius 1 is 0.529 bits per heavy atom. The van der Waals surface area contributed by atoms with Gasteiger partial charge in [-0.1, -0.05) is 42.8 Å². The SMILES string of the molecule is C.Cc1cc(C)c(C)c(C)c1.Cc1cc(C)c(COCCOCCOCCOCCO)c(C)c1. The zero-order chi connectivity index (χ0) is 24.6. The third-order valence-electron chi connectivity index (χ3n) is 5.51. The van der Waals surface area contributed by atoms with Crippen molar-refractivity contribution in [2.45, 2.75) is 62.5 Å². The first-order valence-electron chi connectivity index (χ1n) is 11.8. The molecule has 0 radical (unpaired) electrons. The summed E-state index contributed by atoms with van der Waals surface area (Å²) in [6.45, 7) is 19.3. The predicted octanol–water partition coefficient (Wildman–Crippen LogP) is 5.73. The molecule has 0 saturated carbocycles. The molecule has 2 aromatic carbocycles.